The molecule has 1 atom stereocenters. The number of nitrogens with zero attached hydrogens (tertiary/aromatic N) is 5. The molecule has 0 saturated carbocycles. The molecule has 2 fully saturated rings. The van der Waals surface area contributed by atoms with Crippen LogP contribution in [0.15, 0.2) is 59.8 Å². The van der Waals surface area contributed by atoms with Crippen LogP contribution in [0.5, 0.6) is 5.75 Å². The number of piperazine rings is 1. The number of carbonyl (C=O) groups is 2. The molecule has 2 aliphatic rings. The Morgan fingerprint density at radius 2 is 1.69 bits per heavy atom. The second-order valence-corrected chi connectivity index (χ2v) is 13.6. The third-order valence-corrected chi connectivity index (χ3v) is 9.29. The van der Waals surface area contributed by atoms with Gasteiger partial charge in [0.25, 0.3) is 5.91 Å². The molecule has 0 aliphatic carbocycles. The van der Waals surface area contributed by atoms with E-state index in [0.717, 1.165) is 67.0 Å². The number of thioether (sulfide) groups is 1. The van der Waals surface area contributed by atoms with Crippen LogP contribution in [-0.4, -0.2) is 79.7 Å². The first-order valence-electron chi connectivity index (χ1n) is 15.9. The van der Waals surface area contributed by atoms with E-state index in [1.54, 1.807) is 23.8 Å². The number of hydrogen-bond acceptors (Lipinski definition) is 9. The number of methoxy groups -OCH3 is 1. The highest BCUT2D eigenvalue weighted by Gasteiger charge is 2.30. The van der Waals surface area contributed by atoms with Crippen molar-refractivity contribution in [1.29, 1.82) is 0 Å². The molecule has 1 aromatic heterocycles. The molecule has 2 saturated heterocycles. The molecule has 10 heteroatoms. The Bertz CT molecular complexity index is 1470. The second-order valence-electron chi connectivity index (χ2n) is 12.6. The molecule has 3 heterocycles. The predicted octanol–water partition coefficient (Wildman–Crippen LogP) is 5.82. The molecule has 45 heavy (non-hydrogen) atoms. The number of hydrogen-bond donors (Lipinski definition) is 0. The number of anilines is 2. The van der Waals surface area contributed by atoms with Gasteiger partial charge in [-0.3, -0.25) is 9.59 Å². The molecule has 2 aliphatic heterocycles. The Labute approximate surface area is 271 Å². The number of rotatable bonds is 9. The summed E-state index contributed by atoms with van der Waals surface area (Å²) in [6, 6.07) is 18.1. The average molecular weight is 632 g/mol. The van der Waals surface area contributed by atoms with E-state index < -0.39 is 0 Å². The molecule has 0 bridgehead atoms. The number of likely N-dealkylation sites (tertiary alicyclic amines) is 1. The first-order valence-corrected chi connectivity index (χ1v) is 16.8. The van der Waals surface area contributed by atoms with E-state index in [1.807, 2.05) is 43.3 Å². The fourth-order valence-corrected chi connectivity index (χ4v) is 6.55. The quantitative estimate of drug-likeness (QED) is 0.165. The number of amides is 1. The van der Waals surface area contributed by atoms with Gasteiger partial charge in [0.1, 0.15) is 11.6 Å². The molecule has 1 unspecified atom stereocenters. The largest absolute Gasteiger partial charge is 0.497 e. The summed E-state index contributed by atoms with van der Waals surface area (Å²) in [5.41, 5.74) is 3.75. The Balaban J connectivity index is 1.25. The fourth-order valence-electron chi connectivity index (χ4n) is 5.75. The normalized spacial score (nSPS) is 17.3. The van der Waals surface area contributed by atoms with Gasteiger partial charge in [0.15, 0.2) is 5.16 Å². The lowest BCUT2D eigenvalue weighted by Crippen LogP contribution is -2.47. The minimum atomic E-state index is -0.256. The SMILES string of the molecule is CCOC(=O)C1CCCN(C(=O)c2cccc(CSc3nc(N4CCN(c5ccc(OC)cc5)CC4)cc(C(C)(C)C)n3)c2)C1. The summed E-state index contributed by atoms with van der Waals surface area (Å²) in [5, 5.41) is 0.736. The van der Waals surface area contributed by atoms with E-state index in [2.05, 4.69) is 48.8 Å². The van der Waals surface area contributed by atoms with Gasteiger partial charge < -0.3 is 24.2 Å². The van der Waals surface area contributed by atoms with E-state index >= 15 is 0 Å². The highest BCUT2D eigenvalue weighted by atomic mass is 32.2. The van der Waals surface area contributed by atoms with Crippen molar-refractivity contribution < 1.29 is 19.1 Å². The molecule has 3 aromatic rings. The molecule has 0 N–H and O–H groups in total. The first kappa shape index (κ1) is 32.6. The zero-order chi connectivity index (χ0) is 32.0. The van der Waals surface area contributed by atoms with Crippen LogP contribution in [0.2, 0.25) is 0 Å². The van der Waals surface area contributed by atoms with Crippen molar-refractivity contribution in [1.82, 2.24) is 14.9 Å². The Morgan fingerprint density at radius 3 is 2.38 bits per heavy atom. The number of ether oxygens (including phenoxy) is 2. The van der Waals surface area contributed by atoms with Gasteiger partial charge in [-0.25, -0.2) is 9.97 Å². The van der Waals surface area contributed by atoms with Crippen LogP contribution in [0.25, 0.3) is 0 Å². The van der Waals surface area contributed by atoms with E-state index in [9.17, 15) is 9.59 Å². The highest BCUT2D eigenvalue weighted by Crippen LogP contribution is 2.30. The predicted molar refractivity (Wildman–Crippen MR) is 179 cm³/mol. The molecule has 0 radical (unpaired) electrons. The van der Waals surface area contributed by atoms with Gasteiger partial charge in [0.05, 0.1) is 25.3 Å². The van der Waals surface area contributed by atoms with Crippen LogP contribution < -0.4 is 14.5 Å². The van der Waals surface area contributed by atoms with Gasteiger partial charge in [0, 0.05) is 67.8 Å². The van der Waals surface area contributed by atoms with Crippen LogP contribution in [-0.2, 0) is 20.7 Å². The third kappa shape index (κ3) is 8.28. The van der Waals surface area contributed by atoms with Gasteiger partial charge in [-0.15, -0.1) is 0 Å². The van der Waals surface area contributed by atoms with Crippen molar-refractivity contribution in [3.05, 3.63) is 71.4 Å². The number of esters is 1. The van der Waals surface area contributed by atoms with Crippen molar-refractivity contribution in [3.8, 4) is 5.75 Å². The molecular formula is C35H45N5O4S. The molecule has 1 amide bonds. The summed E-state index contributed by atoms with van der Waals surface area (Å²) >= 11 is 1.59. The summed E-state index contributed by atoms with van der Waals surface area (Å²) < 4.78 is 10.5. The average Bonchev–Trinajstić information content (AvgIpc) is 3.07. The second kappa shape index (κ2) is 14.5. The Morgan fingerprint density at radius 1 is 0.956 bits per heavy atom. The maximum Gasteiger partial charge on any atom is 0.310 e. The lowest BCUT2D eigenvalue weighted by Gasteiger charge is -2.37. The van der Waals surface area contributed by atoms with E-state index in [4.69, 9.17) is 19.4 Å². The molecule has 0 spiro atoms. The van der Waals surface area contributed by atoms with Gasteiger partial charge >= 0.3 is 5.97 Å². The first-order chi connectivity index (χ1) is 21.6. The minimum absolute atomic E-state index is 0.0436. The number of aromatic nitrogens is 2. The Kier molecular flexibility index (Phi) is 10.5. The van der Waals surface area contributed by atoms with Crippen LogP contribution >= 0.6 is 11.8 Å². The number of carbonyl (C=O) groups excluding carboxylic acids is 2. The summed E-state index contributed by atoms with van der Waals surface area (Å²) in [5.74, 6) is 1.95. The summed E-state index contributed by atoms with van der Waals surface area (Å²) in [4.78, 5) is 42.2. The van der Waals surface area contributed by atoms with Crippen molar-refractivity contribution in [2.75, 3.05) is 62.8 Å². The van der Waals surface area contributed by atoms with E-state index in [-0.39, 0.29) is 23.2 Å². The zero-order valence-electron chi connectivity index (χ0n) is 27.1. The van der Waals surface area contributed by atoms with Crippen molar-refractivity contribution in [2.45, 2.75) is 56.9 Å². The highest BCUT2D eigenvalue weighted by molar-refractivity contribution is 7.98. The monoisotopic (exact) mass is 631 g/mol. The lowest BCUT2D eigenvalue weighted by atomic mass is 9.92. The van der Waals surface area contributed by atoms with Crippen molar-refractivity contribution in [3.63, 3.8) is 0 Å². The van der Waals surface area contributed by atoms with Gasteiger partial charge in [-0.2, -0.15) is 0 Å². The summed E-state index contributed by atoms with van der Waals surface area (Å²) in [6.45, 7) is 13.3. The summed E-state index contributed by atoms with van der Waals surface area (Å²) in [6.07, 6.45) is 1.55. The summed E-state index contributed by atoms with van der Waals surface area (Å²) in [7, 11) is 1.69. The molecular weight excluding hydrogens is 586 g/mol. The van der Waals surface area contributed by atoms with Gasteiger partial charge in [-0.05, 0) is 61.7 Å². The fraction of sp³-hybridized carbons (Fsp3) is 0.486. The maximum absolute atomic E-state index is 13.4. The van der Waals surface area contributed by atoms with Crippen LogP contribution in [0.1, 0.15) is 62.2 Å². The van der Waals surface area contributed by atoms with Gasteiger partial charge in [-0.1, -0.05) is 44.7 Å². The van der Waals surface area contributed by atoms with Crippen LogP contribution in [0.4, 0.5) is 11.5 Å². The molecule has 2 aromatic carbocycles. The number of piperidine rings is 1. The van der Waals surface area contributed by atoms with Crippen LogP contribution in [0.3, 0.4) is 0 Å². The Hall–Kier alpha value is -3.79. The maximum atomic E-state index is 13.4. The zero-order valence-corrected chi connectivity index (χ0v) is 27.9. The van der Waals surface area contributed by atoms with Crippen molar-refractivity contribution in [2.24, 2.45) is 5.92 Å². The van der Waals surface area contributed by atoms with Crippen LogP contribution in [0, 0.1) is 5.92 Å². The molecule has 5 rings (SSSR count). The van der Waals surface area contributed by atoms with Crippen molar-refractivity contribution >= 4 is 35.1 Å². The molecule has 9 nitrogen and oxygen atoms in total. The third-order valence-electron chi connectivity index (χ3n) is 8.37. The number of benzene rings is 2. The van der Waals surface area contributed by atoms with E-state index in [0.29, 0.717) is 31.0 Å². The smallest absolute Gasteiger partial charge is 0.310 e. The standard InChI is InChI=1S/C35H45N5O4S/c1-6-44-33(42)27-11-8-16-40(23-27)32(41)26-10-7-9-25(21-26)24-45-34-36-30(35(2,3)4)22-31(37-34)39-19-17-38(18-20-39)28-12-14-29(43-5)15-13-28/h7,9-10,12-15,21-22,27H,6,8,11,16-20,23-24H2,1-5H3. The minimum Gasteiger partial charge on any atom is -0.497 e. The molecule has 240 valence electrons. The lowest BCUT2D eigenvalue weighted by molar-refractivity contribution is -0.149. The topological polar surface area (TPSA) is 88.1 Å². The van der Waals surface area contributed by atoms with E-state index in [1.165, 1.54) is 5.69 Å². The van der Waals surface area contributed by atoms with Gasteiger partial charge in [0.2, 0.25) is 0 Å².